The van der Waals surface area contributed by atoms with Crippen LogP contribution in [0.25, 0.3) is 0 Å². The van der Waals surface area contributed by atoms with Gasteiger partial charge in [-0.2, -0.15) is 0 Å². The average Bonchev–Trinajstić information content (AvgIpc) is 2.38. The molecule has 0 aromatic heterocycles. The van der Waals surface area contributed by atoms with E-state index >= 15 is 0 Å². The van der Waals surface area contributed by atoms with E-state index in [1.807, 2.05) is 0 Å². The topological polar surface area (TPSA) is 72.2 Å². The predicted molar refractivity (Wildman–Crippen MR) is 81.0 cm³/mol. The number of benzene rings is 2. The van der Waals surface area contributed by atoms with Gasteiger partial charge in [-0.3, -0.25) is 0 Å². The summed E-state index contributed by atoms with van der Waals surface area (Å²) in [4.78, 5) is -0.536. The molecular weight excluding hydrogens is 315 g/mol. The van der Waals surface area contributed by atoms with E-state index in [2.05, 4.69) is 4.72 Å². The van der Waals surface area contributed by atoms with E-state index in [9.17, 15) is 12.8 Å². The zero-order valence-electron chi connectivity index (χ0n) is 11.2. The zero-order chi connectivity index (χ0) is 15.6. The van der Waals surface area contributed by atoms with Crippen LogP contribution < -0.4 is 10.5 Å². The summed E-state index contributed by atoms with van der Waals surface area (Å²) in [5.74, 6) is -0.884. The van der Waals surface area contributed by atoms with Crippen LogP contribution in [0.4, 0.5) is 10.1 Å². The summed E-state index contributed by atoms with van der Waals surface area (Å²) in [5.41, 5.74) is 6.14. The molecule has 0 saturated carbocycles. The Morgan fingerprint density at radius 3 is 2.38 bits per heavy atom. The van der Waals surface area contributed by atoms with Gasteiger partial charge in [-0.15, -0.1) is 0 Å². The van der Waals surface area contributed by atoms with Crippen molar-refractivity contribution in [1.82, 2.24) is 4.72 Å². The number of nitrogen functional groups attached to an aromatic ring is 1. The molecule has 2 aromatic carbocycles. The number of sulfonamides is 1. The Morgan fingerprint density at radius 2 is 1.81 bits per heavy atom. The number of rotatable bonds is 4. The normalized spacial score (nSPS) is 13.1. The summed E-state index contributed by atoms with van der Waals surface area (Å²) in [6, 6.07) is 9.89. The first-order chi connectivity index (χ1) is 9.81. The van der Waals surface area contributed by atoms with Gasteiger partial charge in [0.05, 0.1) is 5.69 Å². The van der Waals surface area contributed by atoms with Gasteiger partial charge in [0, 0.05) is 11.1 Å². The van der Waals surface area contributed by atoms with Crippen molar-refractivity contribution in [3.8, 4) is 0 Å². The number of hydrogen-bond donors (Lipinski definition) is 2. The molecule has 0 spiro atoms. The van der Waals surface area contributed by atoms with Gasteiger partial charge in [0.1, 0.15) is 10.7 Å². The van der Waals surface area contributed by atoms with Gasteiger partial charge < -0.3 is 5.73 Å². The van der Waals surface area contributed by atoms with Crippen LogP contribution in [0.3, 0.4) is 0 Å². The van der Waals surface area contributed by atoms with Crippen molar-refractivity contribution >= 4 is 27.3 Å². The highest BCUT2D eigenvalue weighted by Crippen LogP contribution is 2.24. The highest BCUT2D eigenvalue weighted by molar-refractivity contribution is 7.89. The van der Waals surface area contributed by atoms with E-state index < -0.39 is 26.8 Å². The Balaban J connectivity index is 2.31. The first-order valence-electron chi connectivity index (χ1n) is 6.13. The Labute approximate surface area is 127 Å². The lowest BCUT2D eigenvalue weighted by Gasteiger charge is -2.16. The summed E-state index contributed by atoms with van der Waals surface area (Å²) in [6.07, 6.45) is 0. The van der Waals surface area contributed by atoms with E-state index in [4.69, 9.17) is 17.3 Å². The molecule has 0 aliphatic heterocycles. The molecule has 0 aliphatic carbocycles. The number of nitrogens with one attached hydrogen (secondary N) is 1. The first kappa shape index (κ1) is 15.8. The molecule has 2 rings (SSSR count). The molecule has 21 heavy (non-hydrogen) atoms. The minimum Gasteiger partial charge on any atom is -0.398 e. The Kier molecular flexibility index (Phi) is 4.51. The monoisotopic (exact) mass is 328 g/mol. The molecule has 0 amide bonds. The summed E-state index contributed by atoms with van der Waals surface area (Å²) in [7, 11) is -4.06. The fraction of sp³-hybridized carbons (Fsp3) is 0.143. The van der Waals surface area contributed by atoms with Crippen LogP contribution in [-0.2, 0) is 10.0 Å². The third-order valence-electron chi connectivity index (χ3n) is 2.97. The number of anilines is 1. The number of halogens is 2. The summed E-state index contributed by atoms with van der Waals surface area (Å²) < 4.78 is 40.7. The SMILES string of the molecule is CC(NS(=O)(=O)c1c(N)cccc1F)c1ccc(Cl)cc1. The molecular formula is C14H14ClFN2O2S. The maximum atomic E-state index is 13.7. The van der Waals surface area contributed by atoms with Crippen LogP contribution in [0, 0.1) is 5.82 Å². The molecule has 1 unspecified atom stereocenters. The van der Waals surface area contributed by atoms with E-state index in [0.717, 1.165) is 6.07 Å². The molecule has 3 N–H and O–H groups in total. The van der Waals surface area contributed by atoms with E-state index in [1.165, 1.54) is 12.1 Å². The fourth-order valence-electron chi connectivity index (χ4n) is 1.92. The number of hydrogen-bond acceptors (Lipinski definition) is 3. The van der Waals surface area contributed by atoms with Crippen molar-refractivity contribution in [3.63, 3.8) is 0 Å². The molecule has 0 bridgehead atoms. The van der Waals surface area contributed by atoms with E-state index in [0.29, 0.717) is 10.6 Å². The van der Waals surface area contributed by atoms with Gasteiger partial charge in [-0.1, -0.05) is 29.8 Å². The van der Waals surface area contributed by atoms with Gasteiger partial charge in [0.25, 0.3) is 0 Å². The van der Waals surface area contributed by atoms with Crippen molar-refractivity contribution in [2.75, 3.05) is 5.73 Å². The quantitative estimate of drug-likeness (QED) is 0.847. The van der Waals surface area contributed by atoms with Gasteiger partial charge in [0.2, 0.25) is 10.0 Å². The molecule has 112 valence electrons. The molecule has 1 atom stereocenters. The zero-order valence-corrected chi connectivity index (χ0v) is 12.7. The van der Waals surface area contributed by atoms with Crippen molar-refractivity contribution in [3.05, 3.63) is 58.9 Å². The van der Waals surface area contributed by atoms with Gasteiger partial charge in [-0.25, -0.2) is 17.5 Å². The summed E-state index contributed by atoms with van der Waals surface area (Å²) in [5, 5.41) is 0.548. The second kappa shape index (κ2) is 6.01. The summed E-state index contributed by atoms with van der Waals surface area (Å²) >= 11 is 5.78. The average molecular weight is 329 g/mol. The minimum atomic E-state index is -4.06. The second-order valence-electron chi connectivity index (χ2n) is 4.55. The molecule has 7 heteroatoms. The Morgan fingerprint density at radius 1 is 1.19 bits per heavy atom. The first-order valence-corrected chi connectivity index (χ1v) is 7.99. The Bertz CT molecular complexity index is 728. The van der Waals surface area contributed by atoms with E-state index in [1.54, 1.807) is 31.2 Å². The van der Waals surface area contributed by atoms with Crippen molar-refractivity contribution < 1.29 is 12.8 Å². The van der Waals surface area contributed by atoms with Crippen molar-refractivity contribution in [2.45, 2.75) is 17.9 Å². The van der Waals surface area contributed by atoms with E-state index in [-0.39, 0.29) is 5.69 Å². The summed E-state index contributed by atoms with van der Waals surface area (Å²) in [6.45, 7) is 1.65. The molecule has 0 saturated heterocycles. The van der Waals surface area contributed by atoms with Gasteiger partial charge in [-0.05, 0) is 36.8 Å². The van der Waals surface area contributed by atoms with Crippen LogP contribution in [0.5, 0.6) is 0 Å². The highest BCUT2D eigenvalue weighted by atomic mass is 35.5. The minimum absolute atomic E-state index is 0.134. The molecule has 0 radical (unpaired) electrons. The molecule has 0 heterocycles. The Hall–Kier alpha value is -1.63. The van der Waals surface area contributed by atoms with Crippen LogP contribution in [0.1, 0.15) is 18.5 Å². The second-order valence-corrected chi connectivity index (χ2v) is 6.64. The molecule has 0 fully saturated rings. The largest absolute Gasteiger partial charge is 0.398 e. The molecule has 4 nitrogen and oxygen atoms in total. The van der Waals surface area contributed by atoms with Crippen LogP contribution in [-0.4, -0.2) is 8.42 Å². The smallest absolute Gasteiger partial charge is 0.246 e. The molecule has 2 aromatic rings. The van der Waals surface area contributed by atoms with Crippen molar-refractivity contribution in [2.24, 2.45) is 0 Å². The fourth-order valence-corrected chi connectivity index (χ4v) is 3.47. The third-order valence-corrected chi connectivity index (χ3v) is 4.85. The molecule has 0 aliphatic rings. The van der Waals surface area contributed by atoms with Crippen LogP contribution in [0.2, 0.25) is 5.02 Å². The van der Waals surface area contributed by atoms with Crippen LogP contribution in [0.15, 0.2) is 47.4 Å². The number of nitrogens with two attached hydrogens (primary N) is 1. The van der Waals surface area contributed by atoms with Gasteiger partial charge >= 0.3 is 0 Å². The third kappa shape index (κ3) is 3.53. The lowest BCUT2D eigenvalue weighted by Crippen LogP contribution is -2.28. The highest BCUT2D eigenvalue weighted by Gasteiger charge is 2.24. The van der Waals surface area contributed by atoms with Crippen LogP contribution >= 0.6 is 11.6 Å². The lowest BCUT2D eigenvalue weighted by molar-refractivity contribution is 0.548. The predicted octanol–water partition coefficient (Wildman–Crippen LogP) is 3.10. The maximum absolute atomic E-state index is 13.7. The van der Waals surface area contributed by atoms with Crippen molar-refractivity contribution in [1.29, 1.82) is 0 Å². The lowest BCUT2D eigenvalue weighted by atomic mass is 10.1. The standard InChI is InChI=1S/C14H14ClFN2O2S/c1-9(10-5-7-11(15)8-6-10)18-21(19,20)14-12(16)3-2-4-13(14)17/h2-9,18H,17H2,1H3. The van der Waals surface area contributed by atoms with Gasteiger partial charge in [0.15, 0.2) is 0 Å². The maximum Gasteiger partial charge on any atom is 0.246 e.